The standard InChI is InChI=1S/C22H19FN4O3/c23-18-10-15(6-7-19(18)30-17-4-2-1-3-5-17)11-26-21(29)22(8-9-22)27-20(28)16-12-24-14-25-13-16/h1-7,10,12-14H,8-9,11H2,(H,26,29)(H,27,28). The van der Waals surface area contributed by atoms with Crippen LogP contribution in [0, 0.1) is 5.82 Å². The third kappa shape index (κ3) is 4.43. The fourth-order valence-electron chi connectivity index (χ4n) is 2.94. The van der Waals surface area contributed by atoms with E-state index in [-0.39, 0.29) is 23.8 Å². The van der Waals surface area contributed by atoms with E-state index in [1.165, 1.54) is 30.9 Å². The molecule has 1 saturated carbocycles. The summed E-state index contributed by atoms with van der Waals surface area (Å²) in [6.07, 6.45) is 5.18. The van der Waals surface area contributed by atoms with Gasteiger partial charge in [-0.1, -0.05) is 24.3 Å². The molecule has 2 amide bonds. The van der Waals surface area contributed by atoms with Crippen LogP contribution in [-0.2, 0) is 11.3 Å². The number of hydrogen-bond acceptors (Lipinski definition) is 5. The van der Waals surface area contributed by atoms with Crippen molar-refractivity contribution in [2.45, 2.75) is 24.9 Å². The molecule has 2 aromatic carbocycles. The summed E-state index contributed by atoms with van der Waals surface area (Å²) < 4.78 is 19.9. The van der Waals surface area contributed by atoms with Gasteiger partial charge >= 0.3 is 0 Å². The minimum Gasteiger partial charge on any atom is -0.454 e. The normalized spacial score (nSPS) is 13.9. The van der Waals surface area contributed by atoms with Gasteiger partial charge in [-0.15, -0.1) is 0 Å². The molecule has 30 heavy (non-hydrogen) atoms. The first-order valence-corrected chi connectivity index (χ1v) is 9.43. The molecule has 2 N–H and O–H groups in total. The maximum absolute atomic E-state index is 14.4. The van der Waals surface area contributed by atoms with Crippen molar-refractivity contribution in [2.24, 2.45) is 0 Å². The fourth-order valence-corrected chi connectivity index (χ4v) is 2.94. The van der Waals surface area contributed by atoms with Gasteiger partial charge in [-0.3, -0.25) is 9.59 Å². The van der Waals surface area contributed by atoms with Crippen LogP contribution in [0.3, 0.4) is 0 Å². The molecule has 1 aromatic heterocycles. The lowest BCUT2D eigenvalue weighted by Gasteiger charge is -2.17. The molecule has 0 unspecified atom stereocenters. The van der Waals surface area contributed by atoms with Crippen LogP contribution in [0.1, 0.15) is 28.8 Å². The highest BCUT2D eigenvalue weighted by molar-refractivity contribution is 6.00. The number of para-hydroxylation sites is 1. The molecule has 0 bridgehead atoms. The summed E-state index contributed by atoms with van der Waals surface area (Å²) in [7, 11) is 0. The monoisotopic (exact) mass is 406 g/mol. The first kappa shape index (κ1) is 19.5. The molecule has 1 aliphatic carbocycles. The number of aromatic nitrogens is 2. The summed E-state index contributed by atoms with van der Waals surface area (Å²) in [5.74, 6) is -0.599. The molecule has 152 valence electrons. The van der Waals surface area contributed by atoms with Gasteiger partial charge in [-0.25, -0.2) is 14.4 Å². The van der Waals surface area contributed by atoms with Crippen molar-refractivity contribution in [2.75, 3.05) is 0 Å². The molecule has 0 radical (unpaired) electrons. The van der Waals surface area contributed by atoms with Crippen LogP contribution in [0.25, 0.3) is 0 Å². The number of ether oxygens (including phenoxy) is 1. The van der Waals surface area contributed by atoms with Crippen molar-refractivity contribution in [3.8, 4) is 11.5 Å². The molecule has 0 aliphatic heterocycles. The molecule has 8 heteroatoms. The Hall–Kier alpha value is -3.81. The Bertz CT molecular complexity index is 1060. The van der Waals surface area contributed by atoms with Gasteiger partial charge in [-0.05, 0) is 42.7 Å². The summed E-state index contributed by atoms with van der Waals surface area (Å²) in [5.41, 5.74) is -0.0746. The highest BCUT2D eigenvalue weighted by Crippen LogP contribution is 2.36. The van der Waals surface area contributed by atoms with E-state index in [9.17, 15) is 14.0 Å². The number of amides is 2. The van der Waals surface area contributed by atoms with Crippen LogP contribution >= 0.6 is 0 Å². The third-order valence-corrected chi connectivity index (χ3v) is 4.78. The summed E-state index contributed by atoms with van der Waals surface area (Å²) in [4.78, 5) is 32.5. The lowest BCUT2D eigenvalue weighted by atomic mass is 10.1. The molecule has 0 atom stereocenters. The zero-order valence-electron chi connectivity index (χ0n) is 16.0. The van der Waals surface area contributed by atoms with E-state index in [0.717, 1.165) is 0 Å². The van der Waals surface area contributed by atoms with Crippen LogP contribution < -0.4 is 15.4 Å². The number of nitrogens with one attached hydrogen (secondary N) is 2. The Morgan fingerprint density at radius 1 is 1.07 bits per heavy atom. The van der Waals surface area contributed by atoms with Crippen molar-refractivity contribution in [1.82, 2.24) is 20.6 Å². The second-order valence-electron chi connectivity index (χ2n) is 7.03. The third-order valence-electron chi connectivity index (χ3n) is 4.78. The Labute approximate surface area is 172 Å². The first-order chi connectivity index (χ1) is 14.6. The molecule has 1 heterocycles. The van der Waals surface area contributed by atoms with Crippen molar-refractivity contribution < 1.29 is 18.7 Å². The van der Waals surface area contributed by atoms with Crippen LogP contribution in [0.15, 0.2) is 67.3 Å². The van der Waals surface area contributed by atoms with Crippen LogP contribution in [0.5, 0.6) is 11.5 Å². The zero-order valence-corrected chi connectivity index (χ0v) is 16.0. The lowest BCUT2D eigenvalue weighted by Crippen LogP contribution is -2.48. The summed E-state index contributed by atoms with van der Waals surface area (Å²) in [6.45, 7) is 0.132. The first-order valence-electron chi connectivity index (χ1n) is 9.43. The smallest absolute Gasteiger partial charge is 0.255 e. The van der Waals surface area contributed by atoms with Gasteiger partial charge in [0, 0.05) is 18.9 Å². The average Bonchev–Trinajstić information content (AvgIpc) is 3.56. The molecule has 7 nitrogen and oxygen atoms in total. The molecule has 0 spiro atoms. The number of rotatable bonds is 7. The van der Waals surface area contributed by atoms with E-state index < -0.39 is 17.3 Å². The van der Waals surface area contributed by atoms with Crippen molar-refractivity contribution in [1.29, 1.82) is 0 Å². The Morgan fingerprint density at radius 2 is 1.80 bits per heavy atom. The SMILES string of the molecule is O=C(NC1(C(=O)NCc2ccc(Oc3ccccc3)c(F)c2)CC1)c1cncnc1. The Kier molecular flexibility index (Phi) is 5.38. The molecular formula is C22H19FN4O3. The highest BCUT2D eigenvalue weighted by atomic mass is 19.1. The van der Waals surface area contributed by atoms with Crippen molar-refractivity contribution in [3.05, 3.63) is 84.2 Å². The van der Waals surface area contributed by atoms with Gasteiger partial charge in [0.1, 0.15) is 17.6 Å². The molecule has 3 aromatic rings. The van der Waals surface area contributed by atoms with Gasteiger partial charge in [0.15, 0.2) is 11.6 Å². The number of halogens is 1. The molecular weight excluding hydrogens is 387 g/mol. The Balaban J connectivity index is 1.34. The molecule has 4 rings (SSSR count). The molecule has 1 fully saturated rings. The average molecular weight is 406 g/mol. The number of carbonyl (C=O) groups is 2. The summed E-state index contributed by atoms with van der Waals surface area (Å²) in [5, 5.41) is 5.51. The fraction of sp³-hybridized carbons (Fsp3) is 0.182. The van der Waals surface area contributed by atoms with Gasteiger partial charge in [0.05, 0.1) is 5.56 Å². The van der Waals surface area contributed by atoms with Crippen LogP contribution in [-0.4, -0.2) is 27.3 Å². The maximum Gasteiger partial charge on any atom is 0.255 e. The van der Waals surface area contributed by atoms with Crippen molar-refractivity contribution in [3.63, 3.8) is 0 Å². The van der Waals surface area contributed by atoms with Gasteiger partial charge in [0.2, 0.25) is 5.91 Å². The number of nitrogens with zero attached hydrogens (tertiary/aromatic N) is 2. The maximum atomic E-state index is 14.4. The zero-order chi connectivity index (χ0) is 21.0. The predicted octanol–water partition coefficient (Wildman–Crippen LogP) is 2.99. The van der Waals surface area contributed by atoms with E-state index >= 15 is 0 Å². The Morgan fingerprint density at radius 3 is 2.47 bits per heavy atom. The number of hydrogen-bond donors (Lipinski definition) is 2. The van der Waals surface area contributed by atoms with E-state index in [4.69, 9.17) is 4.74 Å². The summed E-state index contributed by atoms with van der Waals surface area (Å²) in [6, 6.07) is 13.4. The van der Waals surface area contributed by atoms with E-state index in [2.05, 4.69) is 20.6 Å². The van der Waals surface area contributed by atoms with E-state index in [0.29, 0.717) is 24.2 Å². The van der Waals surface area contributed by atoms with Gasteiger partial charge < -0.3 is 15.4 Å². The minimum atomic E-state index is -0.943. The van der Waals surface area contributed by atoms with E-state index in [1.54, 1.807) is 30.3 Å². The van der Waals surface area contributed by atoms with Gasteiger partial charge in [0.25, 0.3) is 5.91 Å². The van der Waals surface area contributed by atoms with Crippen molar-refractivity contribution >= 4 is 11.8 Å². The number of carbonyl (C=O) groups excluding carboxylic acids is 2. The number of benzene rings is 2. The predicted molar refractivity (Wildman–Crippen MR) is 106 cm³/mol. The summed E-state index contributed by atoms with van der Waals surface area (Å²) >= 11 is 0. The van der Waals surface area contributed by atoms with Crippen LogP contribution in [0.2, 0.25) is 0 Å². The van der Waals surface area contributed by atoms with E-state index in [1.807, 2.05) is 6.07 Å². The lowest BCUT2D eigenvalue weighted by molar-refractivity contribution is -0.124. The minimum absolute atomic E-state index is 0.104. The molecule has 1 aliphatic rings. The topological polar surface area (TPSA) is 93.2 Å². The van der Waals surface area contributed by atoms with Gasteiger partial charge in [-0.2, -0.15) is 0 Å². The highest BCUT2D eigenvalue weighted by Gasteiger charge is 2.51. The second kappa shape index (κ2) is 8.28. The quantitative estimate of drug-likeness (QED) is 0.629. The largest absolute Gasteiger partial charge is 0.454 e. The molecule has 0 saturated heterocycles. The van der Waals surface area contributed by atoms with Crippen LogP contribution in [0.4, 0.5) is 4.39 Å². The second-order valence-corrected chi connectivity index (χ2v) is 7.03.